The number of hydrogen-bond acceptors (Lipinski definition) is 6. The molecule has 1 aliphatic heterocycles. The van der Waals surface area contributed by atoms with Gasteiger partial charge in [0, 0.05) is 36.0 Å². The van der Waals surface area contributed by atoms with Gasteiger partial charge in [-0.25, -0.2) is 4.98 Å². The van der Waals surface area contributed by atoms with Crippen molar-refractivity contribution in [2.45, 2.75) is 32.2 Å². The van der Waals surface area contributed by atoms with Crippen LogP contribution in [0.2, 0.25) is 0 Å². The predicted molar refractivity (Wildman–Crippen MR) is 104 cm³/mol. The third kappa shape index (κ3) is 5.48. The van der Waals surface area contributed by atoms with Gasteiger partial charge >= 0.3 is 6.36 Å². The number of fused-ring (bicyclic) bond motifs is 1. The van der Waals surface area contributed by atoms with Gasteiger partial charge in [-0.15, -0.1) is 24.5 Å². The standard InChI is InChI=1S/C19H19F3N4O3S/c20-19(21,22)29-13-5-3-12(4-6-13)23-16(27)10-26-8-7-14-15(9-26)30-18(24-14)25-17(28)11-1-2-11/h3-6,11H,1-2,7-10H2,(H,23,27)(H,24,25,28). The Kier molecular flexibility index (Phi) is 5.65. The third-order valence-corrected chi connectivity index (χ3v) is 5.73. The summed E-state index contributed by atoms with van der Waals surface area (Å²) in [7, 11) is 0. The number of nitrogens with zero attached hydrogens (tertiary/aromatic N) is 2. The first kappa shape index (κ1) is 20.6. The van der Waals surface area contributed by atoms with E-state index in [1.54, 1.807) is 0 Å². The topological polar surface area (TPSA) is 83.6 Å². The summed E-state index contributed by atoms with van der Waals surface area (Å²) in [6, 6.07) is 4.99. The lowest BCUT2D eigenvalue weighted by Gasteiger charge is -2.25. The van der Waals surface area contributed by atoms with Gasteiger partial charge in [0.1, 0.15) is 5.75 Å². The molecule has 0 bridgehead atoms. The van der Waals surface area contributed by atoms with Crippen molar-refractivity contribution in [2.75, 3.05) is 23.7 Å². The van der Waals surface area contributed by atoms with Gasteiger partial charge in [-0.3, -0.25) is 14.5 Å². The highest BCUT2D eigenvalue weighted by atomic mass is 32.1. The minimum absolute atomic E-state index is 0.0176. The molecule has 1 aromatic carbocycles. The van der Waals surface area contributed by atoms with E-state index in [2.05, 4.69) is 20.4 Å². The molecule has 2 aromatic rings. The number of rotatable bonds is 6. The van der Waals surface area contributed by atoms with Crippen molar-refractivity contribution < 1.29 is 27.5 Å². The maximum atomic E-state index is 12.3. The Morgan fingerprint density at radius 2 is 1.93 bits per heavy atom. The van der Waals surface area contributed by atoms with Gasteiger partial charge in [-0.2, -0.15) is 0 Å². The molecule has 2 heterocycles. The molecule has 0 saturated heterocycles. The van der Waals surface area contributed by atoms with Crippen molar-refractivity contribution in [1.29, 1.82) is 0 Å². The molecule has 2 aliphatic rings. The molecular weight excluding hydrogens is 421 g/mol. The highest BCUT2D eigenvalue weighted by Gasteiger charge is 2.32. The van der Waals surface area contributed by atoms with Crippen molar-refractivity contribution in [1.82, 2.24) is 9.88 Å². The van der Waals surface area contributed by atoms with E-state index in [0.717, 1.165) is 35.5 Å². The van der Waals surface area contributed by atoms with Crippen LogP contribution in [0.15, 0.2) is 24.3 Å². The Bertz CT molecular complexity index is 941. The fraction of sp³-hybridized carbons (Fsp3) is 0.421. The number of thiazole rings is 1. The molecule has 1 fully saturated rings. The number of carbonyl (C=O) groups is 2. The molecule has 0 spiro atoms. The largest absolute Gasteiger partial charge is 0.573 e. The van der Waals surface area contributed by atoms with Gasteiger partial charge in [0.05, 0.1) is 12.2 Å². The normalized spacial score (nSPS) is 16.6. The number of carbonyl (C=O) groups excluding carboxylic acids is 2. The molecule has 160 valence electrons. The van der Waals surface area contributed by atoms with E-state index >= 15 is 0 Å². The van der Waals surface area contributed by atoms with E-state index in [9.17, 15) is 22.8 Å². The molecular formula is C19H19F3N4O3S. The molecule has 7 nitrogen and oxygen atoms in total. The molecule has 0 unspecified atom stereocenters. The molecule has 2 N–H and O–H groups in total. The second-order valence-corrected chi connectivity index (χ2v) is 8.32. The number of hydrogen-bond donors (Lipinski definition) is 2. The summed E-state index contributed by atoms with van der Waals surface area (Å²) in [4.78, 5) is 31.7. The highest BCUT2D eigenvalue weighted by Crippen LogP contribution is 2.33. The van der Waals surface area contributed by atoms with Crippen LogP contribution in [0.25, 0.3) is 0 Å². The summed E-state index contributed by atoms with van der Waals surface area (Å²) < 4.78 is 40.4. The van der Waals surface area contributed by atoms with Gasteiger partial charge in [-0.1, -0.05) is 0 Å². The fourth-order valence-electron chi connectivity index (χ4n) is 3.13. The van der Waals surface area contributed by atoms with E-state index < -0.39 is 6.36 Å². The van der Waals surface area contributed by atoms with Gasteiger partial charge in [0.2, 0.25) is 11.8 Å². The maximum absolute atomic E-state index is 12.3. The highest BCUT2D eigenvalue weighted by molar-refractivity contribution is 7.15. The fourth-order valence-corrected chi connectivity index (χ4v) is 4.19. The lowest BCUT2D eigenvalue weighted by atomic mass is 10.2. The second kappa shape index (κ2) is 8.23. The Morgan fingerprint density at radius 1 is 1.20 bits per heavy atom. The van der Waals surface area contributed by atoms with Gasteiger partial charge < -0.3 is 15.4 Å². The minimum atomic E-state index is -4.75. The lowest BCUT2D eigenvalue weighted by molar-refractivity contribution is -0.274. The van der Waals surface area contributed by atoms with Crippen molar-refractivity contribution >= 4 is 34.0 Å². The molecule has 2 amide bonds. The number of halogens is 3. The van der Waals surface area contributed by atoms with Crippen LogP contribution >= 0.6 is 11.3 Å². The van der Waals surface area contributed by atoms with Crippen molar-refractivity contribution in [3.05, 3.63) is 34.8 Å². The van der Waals surface area contributed by atoms with Crippen LogP contribution in [0.3, 0.4) is 0 Å². The number of anilines is 2. The van der Waals surface area contributed by atoms with Crippen molar-refractivity contribution in [3.8, 4) is 5.75 Å². The van der Waals surface area contributed by atoms with E-state index in [1.165, 1.54) is 23.5 Å². The first-order chi connectivity index (χ1) is 14.2. The number of alkyl halides is 3. The van der Waals surface area contributed by atoms with Crippen LogP contribution < -0.4 is 15.4 Å². The molecule has 1 aliphatic carbocycles. The average molecular weight is 440 g/mol. The smallest absolute Gasteiger partial charge is 0.406 e. The first-order valence-corrected chi connectivity index (χ1v) is 10.2. The van der Waals surface area contributed by atoms with Crippen LogP contribution in [0.4, 0.5) is 24.0 Å². The second-order valence-electron chi connectivity index (χ2n) is 7.23. The van der Waals surface area contributed by atoms with Crippen LogP contribution in [-0.4, -0.2) is 41.2 Å². The van der Waals surface area contributed by atoms with Crippen LogP contribution in [0.5, 0.6) is 5.75 Å². The summed E-state index contributed by atoms with van der Waals surface area (Å²) in [5, 5.41) is 6.13. The number of aromatic nitrogens is 1. The van der Waals surface area contributed by atoms with Crippen LogP contribution in [-0.2, 0) is 22.6 Å². The zero-order valence-corrected chi connectivity index (χ0v) is 16.6. The number of ether oxygens (including phenoxy) is 1. The van der Waals surface area contributed by atoms with E-state index in [-0.39, 0.29) is 30.0 Å². The predicted octanol–water partition coefficient (Wildman–Crippen LogP) is 3.39. The summed E-state index contributed by atoms with van der Waals surface area (Å²) in [6.45, 7) is 1.35. The van der Waals surface area contributed by atoms with Crippen LogP contribution in [0.1, 0.15) is 23.4 Å². The van der Waals surface area contributed by atoms with Gasteiger partial charge in [-0.05, 0) is 37.1 Å². The SMILES string of the molecule is O=C(CN1CCc2nc(NC(=O)C3CC3)sc2C1)Nc1ccc(OC(F)(F)F)cc1. The van der Waals surface area contributed by atoms with Gasteiger partial charge in [0.25, 0.3) is 0 Å². The lowest BCUT2D eigenvalue weighted by Crippen LogP contribution is -2.36. The first-order valence-electron chi connectivity index (χ1n) is 9.42. The Morgan fingerprint density at radius 3 is 2.60 bits per heavy atom. The molecule has 1 aromatic heterocycles. The quantitative estimate of drug-likeness (QED) is 0.720. The van der Waals surface area contributed by atoms with Crippen LogP contribution in [0, 0.1) is 5.92 Å². The Labute approximate surface area is 174 Å². The summed E-state index contributed by atoms with van der Waals surface area (Å²) in [6.07, 6.45) is -2.22. The molecule has 0 radical (unpaired) electrons. The van der Waals surface area contributed by atoms with E-state index in [1.807, 2.05) is 4.90 Å². The number of nitrogens with one attached hydrogen (secondary N) is 2. The monoisotopic (exact) mass is 440 g/mol. The summed E-state index contributed by atoms with van der Waals surface area (Å²) in [5.74, 6) is -0.488. The van der Waals surface area contributed by atoms with E-state index in [4.69, 9.17) is 0 Å². The van der Waals surface area contributed by atoms with Crippen molar-refractivity contribution in [3.63, 3.8) is 0 Å². The molecule has 11 heteroatoms. The number of benzene rings is 1. The summed E-state index contributed by atoms with van der Waals surface area (Å²) in [5.41, 5.74) is 1.33. The van der Waals surface area contributed by atoms with Gasteiger partial charge in [0.15, 0.2) is 5.13 Å². The third-order valence-electron chi connectivity index (χ3n) is 4.73. The zero-order chi connectivity index (χ0) is 21.3. The van der Waals surface area contributed by atoms with E-state index in [0.29, 0.717) is 30.3 Å². The average Bonchev–Trinajstić information content (AvgIpc) is 3.43. The molecule has 1 saturated carbocycles. The molecule has 30 heavy (non-hydrogen) atoms. The Hall–Kier alpha value is -2.66. The minimum Gasteiger partial charge on any atom is -0.406 e. The Balaban J connectivity index is 1.28. The summed E-state index contributed by atoms with van der Waals surface area (Å²) >= 11 is 1.43. The zero-order valence-electron chi connectivity index (χ0n) is 15.8. The molecule has 0 atom stereocenters. The molecule has 4 rings (SSSR count). The van der Waals surface area contributed by atoms with Crippen molar-refractivity contribution in [2.24, 2.45) is 5.92 Å². The number of amides is 2. The maximum Gasteiger partial charge on any atom is 0.573 e.